The van der Waals surface area contributed by atoms with E-state index in [0.717, 1.165) is 44.0 Å². The molecule has 1 amide bonds. The van der Waals surface area contributed by atoms with Crippen molar-refractivity contribution < 1.29 is 19.1 Å². The van der Waals surface area contributed by atoms with Gasteiger partial charge in [0.05, 0.1) is 18.0 Å². The first-order valence-corrected chi connectivity index (χ1v) is 8.75. The molecule has 0 aliphatic carbocycles. The fraction of sp³-hybridized carbons (Fsp3) is 0.667. The molecule has 2 saturated heterocycles. The lowest BCUT2D eigenvalue weighted by atomic mass is 9.77. The van der Waals surface area contributed by atoms with E-state index >= 15 is 0 Å². The number of hydrogen-bond acceptors (Lipinski definition) is 4. The lowest BCUT2D eigenvalue weighted by molar-refractivity contribution is -0.146. The molecule has 1 aromatic rings. The maximum Gasteiger partial charge on any atom is 0.309 e. The van der Waals surface area contributed by atoms with Gasteiger partial charge in [-0.1, -0.05) is 6.92 Å². The number of likely N-dealkylation sites (tertiary alicyclic amines) is 2. The summed E-state index contributed by atoms with van der Waals surface area (Å²) in [6.45, 7) is 4.44. The van der Waals surface area contributed by atoms with Crippen LogP contribution in [0.3, 0.4) is 0 Å². The average molecular weight is 334 g/mol. The summed E-state index contributed by atoms with van der Waals surface area (Å²) in [5.74, 6) is 0.493. The maximum absolute atomic E-state index is 12.0. The third-order valence-electron chi connectivity index (χ3n) is 5.68. The van der Waals surface area contributed by atoms with Gasteiger partial charge in [-0.2, -0.15) is 0 Å². The predicted octanol–water partition coefficient (Wildman–Crippen LogP) is 2.13. The summed E-state index contributed by atoms with van der Waals surface area (Å²) in [5.41, 5.74) is -0.518. The predicted molar refractivity (Wildman–Crippen MR) is 88.5 cm³/mol. The highest BCUT2D eigenvalue weighted by Gasteiger charge is 2.55. The number of furan rings is 1. The Morgan fingerprint density at radius 3 is 2.62 bits per heavy atom. The first-order chi connectivity index (χ1) is 11.5. The zero-order chi connectivity index (χ0) is 17.3. The van der Waals surface area contributed by atoms with Crippen molar-refractivity contribution in [3.8, 4) is 0 Å². The molecule has 3 rings (SSSR count). The number of carbonyl (C=O) groups is 2. The maximum atomic E-state index is 12.0. The van der Waals surface area contributed by atoms with Crippen molar-refractivity contribution in [3.63, 3.8) is 0 Å². The zero-order valence-corrected chi connectivity index (χ0v) is 14.5. The van der Waals surface area contributed by atoms with Crippen molar-refractivity contribution in [2.24, 2.45) is 5.92 Å². The molecule has 1 N–H and O–H groups in total. The molecule has 24 heavy (non-hydrogen) atoms. The van der Waals surface area contributed by atoms with Gasteiger partial charge in [0.2, 0.25) is 5.91 Å². The molecule has 2 aliphatic heterocycles. The third-order valence-corrected chi connectivity index (χ3v) is 5.68. The highest BCUT2D eigenvalue weighted by Crippen LogP contribution is 2.43. The van der Waals surface area contributed by atoms with Crippen molar-refractivity contribution in [1.29, 1.82) is 0 Å². The van der Waals surface area contributed by atoms with Crippen LogP contribution in [0.2, 0.25) is 0 Å². The molecular weight excluding hydrogens is 308 g/mol. The van der Waals surface area contributed by atoms with Crippen molar-refractivity contribution in [2.45, 2.75) is 51.1 Å². The van der Waals surface area contributed by atoms with Gasteiger partial charge >= 0.3 is 5.97 Å². The van der Waals surface area contributed by atoms with Crippen LogP contribution in [0.15, 0.2) is 16.5 Å². The van der Waals surface area contributed by atoms with Crippen LogP contribution in [0.4, 0.5) is 0 Å². The Morgan fingerprint density at radius 2 is 2.00 bits per heavy atom. The Kier molecular flexibility index (Phi) is 4.67. The molecule has 6 heteroatoms. The fourth-order valence-corrected chi connectivity index (χ4v) is 4.19. The van der Waals surface area contributed by atoms with Gasteiger partial charge in [-0.25, -0.2) is 0 Å². The number of aliphatic carboxylic acids is 1. The summed E-state index contributed by atoms with van der Waals surface area (Å²) in [5, 5.41) is 9.51. The molecule has 132 valence electrons. The van der Waals surface area contributed by atoms with Gasteiger partial charge in [0, 0.05) is 33.0 Å². The van der Waals surface area contributed by atoms with Gasteiger partial charge in [-0.3, -0.25) is 14.5 Å². The number of rotatable bonds is 5. The molecule has 0 radical (unpaired) electrons. The lowest BCUT2D eigenvalue weighted by Crippen LogP contribution is -2.55. The summed E-state index contributed by atoms with van der Waals surface area (Å²) in [6, 6.07) is 4.06. The van der Waals surface area contributed by atoms with Crippen molar-refractivity contribution >= 4 is 11.9 Å². The van der Waals surface area contributed by atoms with E-state index in [0.29, 0.717) is 12.8 Å². The number of carbonyl (C=O) groups excluding carboxylic acids is 1. The zero-order valence-electron chi connectivity index (χ0n) is 14.5. The Morgan fingerprint density at radius 1 is 1.33 bits per heavy atom. The molecule has 0 saturated carbocycles. The number of aryl methyl sites for hydroxylation is 1. The van der Waals surface area contributed by atoms with Crippen LogP contribution in [-0.2, 0) is 22.6 Å². The molecule has 1 aromatic heterocycles. The van der Waals surface area contributed by atoms with Gasteiger partial charge in [-0.15, -0.1) is 0 Å². The van der Waals surface area contributed by atoms with E-state index in [9.17, 15) is 14.7 Å². The summed E-state index contributed by atoms with van der Waals surface area (Å²) < 4.78 is 5.84. The van der Waals surface area contributed by atoms with Crippen molar-refractivity contribution in [3.05, 3.63) is 23.7 Å². The van der Waals surface area contributed by atoms with E-state index in [4.69, 9.17) is 4.42 Å². The second-order valence-corrected chi connectivity index (χ2v) is 7.05. The number of carboxylic acid groups (broad SMARTS) is 1. The van der Waals surface area contributed by atoms with E-state index in [1.165, 1.54) is 0 Å². The van der Waals surface area contributed by atoms with E-state index in [1.807, 2.05) is 12.1 Å². The molecule has 0 unspecified atom stereocenters. The molecule has 1 atom stereocenters. The second-order valence-electron chi connectivity index (χ2n) is 7.05. The van der Waals surface area contributed by atoms with Gasteiger partial charge < -0.3 is 14.4 Å². The van der Waals surface area contributed by atoms with E-state index in [1.54, 1.807) is 11.9 Å². The van der Waals surface area contributed by atoms with Crippen LogP contribution < -0.4 is 0 Å². The minimum Gasteiger partial charge on any atom is -0.481 e. The normalized spacial score (nSPS) is 24.0. The third kappa shape index (κ3) is 2.95. The number of amides is 1. The first kappa shape index (κ1) is 17.0. The van der Waals surface area contributed by atoms with Crippen LogP contribution in [0.1, 0.15) is 44.1 Å². The SMILES string of the molecule is CCCc1ccc(CN2CCC3(CC2)[C@H](C(=O)O)CC(=O)N3C)o1. The van der Waals surface area contributed by atoms with Gasteiger partial charge in [-0.05, 0) is 31.4 Å². The summed E-state index contributed by atoms with van der Waals surface area (Å²) in [4.78, 5) is 27.6. The molecule has 2 fully saturated rings. The van der Waals surface area contributed by atoms with E-state index < -0.39 is 17.4 Å². The topological polar surface area (TPSA) is 74.0 Å². The Hall–Kier alpha value is -1.82. The lowest BCUT2D eigenvalue weighted by Gasteiger charge is -2.45. The van der Waals surface area contributed by atoms with Crippen molar-refractivity contribution in [1.82, 2.24) is 9.80 Å². The van der Waals surface area contributed by atoms with Crippen LogP contribution in [-0.4, -0.2) is 52.5 Å². The number of piperidine rings is 1. The summed E-state index contributed by atoms with van der Waals surface area (Å²) in [6.07, 6.45) is 3.56. The Bertz CT molecular complexity index is 616. The second kappa shape index (κ2) is 6.59. The monoisotopic (exact) mass is 334 g/mol. The molecule has 2 aliphatic rings. The molecule has 1 spiro atoms. The van der Waals surface area contributed by atoms with E-state index in [-0.39, 0.29) is 12.3 Å². The van der Waals surface area contributed by atoms with Gasteiger partial charge in [0.25, 0.3) is 0 Å². The minimum atomic E-state index is -0.851. The van der Waals surface area contributed by atoms with Crippen LogP contribution >= 0.6 is 0 Å². The highest BCUT2D eigenvalue weighted by molar-refractivity contribution is 5.88. The Balaban J connectivity index is 1.64. The first-order valence-electron chi connectivity index (χ1n) is 8.75. The number of nitrogens with zero attached hydrogens (tertiary/aromatic N) is 2. The molecule has 3 heterocycles. The van der Waals surface area contributed by atoms with Crippen LogP contribution in [0.25, 0.3) is 0 Å². The number of carboxylic acids is 1. The van der Waals surface area contributed by atoms with Crippen LogP contribution in [0.5, 0.6) is 0 Å². The smallest absolute Gasteiger partial charge is 0.309 e. The number of hydrogen-bond donors (Lipinski definition) is 1. The standard InChI is InChI=1S/C18H26N2O4/c1-3-4-13-5-6-14(24-13)12-20-9-7-18(8-10-20)15(17(22)23)11-16(21)19(18)2/h5-6,15H,3-4,7-12H2,1-2H3,(H,22,23)/t15-/m0/s1. The molecular formula is C18H26N2O4. The Labute approximate surface area is 142 Å². The average Bonchev–Trinajstić information content (AvgIpc) is 3.08. The molecule has 0 aromatic carbocycles. The summed E-state index contributed by atoms with van der Waals surface area (Å²) >= 11 is 0. The minimum absolute atomic E-state index is 0.0499. The fourth-order valence-electron chi connectivity index (χ4n) is 4.19. The van der Waals surface area contributed by atoms with Gasteiger partial charge in [0.1, 0.15) is 11.5 Å². The van der Waals surface area contributed by atoms with Crippen molar-refractivity contribution in [2.75, 3.05) is 20.1 Å². The van der Waals surface area contributed by atoms with Crippen LogP contribution in [0, 0.1) is 5.92 Å². The summed E-state index contributed by atoms with van der Waals surface area (Å²) in [7, 11) is 1.75. The largest absolute Gasteiger partial charge is 0.481 e. The molecule has 0 bridgehead atoms. The highest BCUT2D eigenvalue weighted by atomic mass is 16.4. The van der Waals surface area contributed by atoms with E-state index in [2.05, 4.69) is 11.8 Å². The molecule has 6 nitrogen and oxygen atoms in total. The quantitative estimate of drug-likeness (QED) is 0.893. The van der Waals surface area contributed by atoms with Gasteiger partial charge in [0.15, 0.2) is 0 Å².